The zero-order chi connectivity index (χ0) is 12.3. The van der Waals surface area contributed by atoms with E-state index >= 15 is 0 Å². The number of nitrogens with zero attached hydrogens (tertiary/aromatic N) is 1. The maximum atomic E-state index is 3.72. The molecule has 1 saturated carbocycles. The third-order valence-electron chi connectivity index (χ3n) is 3.63. The van der Waals surface area contributed by atoms with Crippen molar-refractivity contribution in [3.63, 3.8) is 0 Å². The van der Waals surface area contributed by atoms with Gasteiger partial charge in [-0.25, -0.2) is 0 Å². The maximum absolute atomic E-state index is 3.72. The fraction of sp³-hybridized carbons (Fsp3) is 0.692. The third-order valence-corrected chi connectivity index (χ3v) is 6.37. The van der Waals surface area contributed by atoms with E-state index in [9.17, 15) is 0 Å². The Morgan fingerprint density at radius 1 is 1.41 bits per heavy atom. The molecule has 0 radical (unpaired) electrons. The van der Waals surface area contributed by atoms with E-state index in [1.165, 1.54) is 41.6 Å². The average molecular weight is 381 g/mol. The number of alkyl halides is 1. The van der Waals surface area contributed by atoms with E-state index in [2.05, 4.69) is 55.3 Å². The van der Waals surface area contributed by atoms with Crippen LogP contribution in [0.5, 0.6) is 0 Å². The monoisotopic (exact) mass is 379 g/mol. The van der Waals surface area contributed by atoms with Gasteiger partial charge in [0, 0.05) is 18.4 Å². The zero-order valence-corrected chi connectivity index (χ0v) is 14.2. The normalized spacial score (nSPS) is 19.1. The van der Waals surface area contributed by atoms with Gasteiger partial charge in [0.25, 0.3) is 0 Å². The van der Waals surface area contributed by atoms with Crippen LogP contribution in [-0.2, 0) is 6.54 Å². The molecule has 0 spiro atoms. The first-order chi connectivity index (χ1) is 8.13. The lowest BCUT2D eigenvalue weighted by Gasteiger charge is -2.31. The molecule has 0 aromatic carbocycles. The Hall–Kier alpha value is 0.620. The number of halogens is 2. The van der Waals surface area contributed by atoms with Crippen molar-refractivity contribution in [3.8, 4) is 0 Å². The Morgan fingerprint density at radius 2 is 2.12 bits per heavy atom. The number of thiophene rings is 1. The molecule has 1 nitrogen and oxygen atoms in total. The van der Waals surface area contributed by atoms with Crippen molar-refractivity contribution in [1.82, 2.24) is 4.90 Å². The van der Waals surface area contributed by atoms with Crippen molar-refractivity contribution < 1.29 is 0 Å². The molecule has 0 amide bonds. The van der Waals surface area contributed by atoms with Crippen LogP contribution >= 0.6 is 43.2 Å². The minimum absolute atomic E-state index is 0.530. The highest BCUT2D eigenvalue weighted by atomic mass is 79.9. The lowest BCUT2D eigenvalue weighted by molar-refractivity contribution is 0.197. The van der Waals surface area contributed by atoms with Crippen LogP contribution in [0.15, 0.2) is 15.2 Å². The van der Waals surface area contributed by atoms with Crippen molar-refractivity contribution in [1.29, 1.82) is 0 Å². The Bertz CT molecular complexity index is 358. The van der Waals surface area contributed by atoms with Crippen molar-refractivity contribution in [2.24, 2.45) is 5.41 Å². The summed E-state index contributed by atoms with van der Waals surface area (Å²) in [6.45, 7) is 2.28. The van der Waals surface area contributed by atoms with Gasteiger partial charge in [-0.05, 0) is 58.2 Å². The molecule has 0 N–H and O–H groups in total. The Balaban J connectivity index is 1.90. The van der Waals surface area contributed by atoms with E-state index < -0.39 is 0 Å². The number of hydrogen-bond acceptors (Lipinski definition) is 2. The molecule has 0 aliphatic heterocycles. The lowest BCUT2D eigenvalue weighted by Crippen LogP contribution is -2.34. The Kier molecular flexibility index (Phi) is 5.10. The van der Waals surface area contributed by atoms with E-state index in [0.29, 0.717) is 5.41 Å². The van der Waals surface area contributed by atoms with Gasteiger partial charge in [-0.3, -0.25) is 0 Å². The summed E-state index contributed by atoms with van der Waals surface area (Å²) in [5, 5.41) is 3.40. The van der Waals surface area contributed by atoms with Crippen LogP contribution in [-0.4, -0.2) is 23.8 Å². The van der Waals surface area contributed by atoms with E-state index in [0.717, 1.165) is 11.9 Å². The molecule has 4 heteroatoms. The van der Waals surface area contributed by atoms with E-state index in [1.54, 1.807) is 11.3 Å². The summed E-state index contributed by atoms with van der Waals surface area (Å²) in [6.07, 6.45) is 5.58. The molecular weight excluding hydrogens is 362 g/mol. The quantitative estimate of drug-likeness (QED) is 0.656. The molecule has 96 valence electrons. The molecule has 1 aliphatic rings. The molecule has 17 heavy (non-hydrogen) atoms. The average Bonchev–Trinajstić information content (AvgIpc) is 2.89. The molecule has 0 unspecified atom stereocenters. The summed E-state index contributed by atoms with van der Waals surface area (Å²) in [7, 11) is 2.24. The van der Waals surface area contributed by atoms with Crippen molar-refractivity contribution in [3.05, 3.63) is 20.8 Å². The van der Waals surface area contributed by atoms with E-state index in [4.69, 9.17) is 0 Å². The highest BCUT2D eigenvalue weighted by molar-refractivity contribution is 9.11. The van der Waals surface area contributed by atoms with E-state index in [1.807, 2.05) is 0 Å². The van der Waals surface area contributed by atoms with Gasteiger partial charge in [-0.15, -0.1) is 11.3 Å². The topological polar surface area (TPSA) is 3.24 Å². The van der Waals surface area contributed by atoms with Crippen molar-refractivity contribution in [2.45, 2.75) is 32.2 Å². The van der Waals surface area contributed by atoms with Gasteiger partial charge in [0.05, 0.1) is 3.79 Å². The Labute approximate surface area is 125 Å². The van der Waals surface area contributed by atoms with Crippen molar-refractivity contribution >= 4 is 43.2 Å². The van der Waals surface area contributed by atoms with Crippen LogP contribution in [0.25, 0.3) is 0 Å². The predicted octanol–water partition coefficient (Wildman–Crippen LogP) is 4.90. The molecule has 0 atom stereocenters. The Morgan fingerprint density at radius 3 is 2.65 bits per heavy atom. The molecule has 0 saturated heterocycles. The van der Waals surface area contributed by atoms with Crippen LogP contribution in [0.1, 0.15) is 31.2 Å². The third kappa shape index (κ3) is 3.79. The van der Waals surface area contributed by atoms with Gasteiger partial charge in [0.1, 0.15) is 0 Å². The van der Waals surface area contributed by atoms with Crippen LogP contribution in [0, 0.1) is 5.41 Å². The van der Waals surface area contributed by atoms with Gasteiger partial charge in [0.2, 0.25) is 0 Å². The zero-order valence-electron chi connectivity index (χ0n) is 10.2. The van der Waals surface area contributed by atoms with Crippen molar-refractivity contribution in [2.75, 3.05) is 18.9 Å². The second kappa shape index (κ2) is 6.18. The first-order valence-electron chi connectivity index (χ1n) is 6.11. The van der Waals surface area contributed by atoms with Crippen LogP contribution in [0.2, 0.25) is 0 Å². The minimum Gasteiger partial charge on any atom is -0.302 e. The summed E-state index contributed by atoms with van der Waals surface area (Å²) in [5.74, 6) is 0. The molecule has 2 rings (SSSR count). The fourth-order valence-electron chi connectivity index (χ4n) is 2.83. The molecule has 1 aromatic heterocycles. The van der Waals surface area contributed by atoms with Crippen LogP contribution in [0.3, 0.4) is 0 Å². The lowest BCUT2D eigenvalue weighted by atomic mass is 9.88. The second-order valence-electron chi connectivity index (χ2n) is 5.27. The number of rotatable bonds is 5. The maximum Gasteiger partial charge on any atom is 0.0701 e. The fourth-order valence-corrected chi connectivity index (χ4v) is 4.77. The van der Waals surface area contributed by atoms with Crippen LogP contribution < -0.4 is 0 Å². The van der Waals surface area contributed by atoms with E-state index in [-0.39, 0.29) is 0 Å². The van der Waals surface area contributed by atoms with Gasteiger partial charge >= 0.3 is 0 Å². The van der Waals surface area contributed by atoms with Gasteiger partial charge in [0.15, 0.2) is 0 Å². The summed E-state index contributed by atoms with van der Waals surface area (Å²) >= 11 is 9.02. The van der Waals surface area contributed by atoms with Gasteiger partial charge in [-0.2, -0.15) is 0 Å². The number of hydrogen-bond donors (Lipinski definition) is 0. The van der Waals surface area contributed by atoms with Gasteiger partial charge < -0.3 is 4.90 Å². The highest BCUT2D eigenvalue weighted by Crippen LogP contribution is 2.40. The SMILES string of the molecule is CN(Cc1csc(Br)c1)CC1(CBr)CCCC1. The minimum atomic E-state index is 0.530. The second-order valence-corrected chi connectivity index (χ2v) is 8.12. The molecular formula is C13H19Br2NS. The summed E-state index contributed by atoms with van der Waals surface area (Å²) in [5.41, 5.74) is 1.95. The van der Waals surface area contributed by atoms with Gasteiger partial charge in [-0.1, -0.05) is 28.8 Å². The first-order valence-corrected chi connectivity index (χ1v) is 8.90. The van der Waals surface area contributed by atoms with Crippen LogP contribution in [0.4, 0.5) is 0 Å². The predicted molar refractivity (Wildman–Crippen MR) is 83.0 cm³/mol. The molecule has 1 fully saturated rings. The summed E-state index contributed by atoms with van der Waals surface area (Å²) < 4.78 is 1.23. The molecule has 1 aliphatic carbocycles. The smallest absolute Gasteiger partial charge is 0.0701 e. The molecule has 0 bridgehead atoms. The first kappa shape index (κ1) is 14.0. The largest absolute Gasteiger partial charge is 0.302 e. The molecule has 1 aromatic rings. The summed E-state index contributed by atoms with van der Waals surface area (Å²) in [4.78, 5) is 2.47. The standard InChI is InChI=1S/C13H19Br2NS/c1-16(7-11-6-12(15)17-8-11)10-13(9-14)4-2-3-5-13/h6,8H,2-5,7,9-10H2,1H3. The summed E-state index contributed by atoms with van der Waals surface area (Å²) in [6, 6.07) is 2.23. The highest BCUT2D eigenvalue weighted by Gasteiger charge is 2.33. The molecule has 1 heterocycles.